The molecule has 0 aliphatic carbocycles. The van der Waals surface area contributed by atoms with Gasteiger partial charge in [-0.3, -0.25) is 9.78 Å². The van der Waals surface area contributed by atoms with Crippen LogP contribution in [0.5, 0.6) is 0 Å². The van der Waals surface area contributed by atoms with Gasteiger partial charge in [-0.2, -0.15) is 0 Å². The third kappa shape index (κ3) is 6.63. The van der Waals surface area contributed by atoms with Gasteiger partial charge in [0, 0.05) is 24.2 Å². The Morgan fingerprint density at radius 2 is 2.20 bits per heavy atom. The van der Waals surface area contributed by atoms with Crippen LogP contribution in [0.3, 0.4) is 0 Å². The molecule has 20 heavy (non-hydrogen) atoms. The van der Waals surface area contributed by atoms with Crippen LogP contribution in [0.15, 0.2) is 18.3 Å². The Balaban J connectivity index is 2.17. The van der Waals surface area contributed by atoms with Gasteiger partial charge in [0.15, 0.2) is 0 Å². The van der Waals surface area contributed by atoms with E-state index in [1.54, 1.807) is 12.1 Å². The van der Waals surface area contributed by atoms with Crippen LogP contribution in [0.4, 0.5) is 0 Å². The Kier molecular flexibility index (Phi) is 7.84. The molecule has 0 saturated carbocycles. The molecule has 1 aromatic rings. The molecule has 1 rings (SSSR count). The topological polar surface area (TPSA) is 62.3 Å². The average molecular weight is 298 g/mol. The molecule has 110 valence electrons. The lowest BCUT2D eigenvalue weighted by molar-refractivity contribution is -0.108. The van der Waals surface area contributed by atoms with Crippen LogP contribution in [0.25, 0.3) is 0 Å². The number of hydrogen-bond acceptors (Lipinski definition) is 4. The first kappa shape index (κ1) is 16.6. The van der Waals surface area contributed by atoms with Gasteiger partial charge in [-0.1, -0.05) is 11.6 Å². The Bertz CT molecular complexity index is 440. The summed E-state index contributed by atoms with van der Waals surface area (Å²) in [5, 5.41) is 3.31. The Hall–Kier alpha value is -1.46. The van der Waals surface area contributed by atoms with Gasteiger partial charge in [0.25, 0.3) is 5.91 Å². The zero-order chi connectivity index (χ0) is 14.8. The van der Waals surface area contributed by atoms with Gasteiger partial charge >= 0.3 is 0 Å². The maximum Gasteiger partial charge on any atom is 0.269 e. The van der Waals surface area contributed by atoms with Gasteiger partial charge in [-0.05, 0) is 45.1 Å². The monoisotopic (exact) mass is 297 g/mol. The SMILES string of the molecule is CN(CCCC=O)CCCNC(=O)c1cc(Cl)ccn1. The van der Waals surface area contributed by atoms with E-state index in [0.717, 1.165) is 32.2 Å². The quantitative estimate of drug-likeness (QED) is 0.557. The fourth-order valence-electron chi connectivity index (χ4n) is 1.73. The zero-order valence-corrected chi connectivity index (χ0v) is 12.4. The highest BCUT2D eigenvalue weighted by atomic mass is 35.5. The molecule has 0 aliphatic heterocycles. The zero-order valence-electron chi connectivity index (χ0n) is 11.6. The third-order valence-electron chi connectivity index (χ3n) is 2.82. The third-order valence-corrected chi connectivity index (χ3v) is 3.05. The van der Waals surface area contributed by atoms with Crippen LogP contribution in [-0.2, 0) is 4.79 Å². The van der Waals surface area contributed by atoms with Crippen molar-refractivity contribution in [1.29, 1.82) is 0 Å². The number of carbonyl (C=O) groups excluding carboxylic acids is 2. The number of carbonyl (C=O) groups is 2. The van der Waals surface area contributed by atoms with Gasteiger partial charge in [0.1, 0.15) is 12.0 Å². The Labute approximate surface area is 124 Å². The molecule has 0 atom stereocenters. The summed E-state index contributed by atoms with van der Waals surface area (Å²) < 4.78 is 0. The highest BCUT2D eigenvalue weighted by molar-refractivity contribution is 6.30. The Morgan fingerprint density at radius 3 is 2.90 bits per heavy atom. The van der Waals surface area contributed by atoms with Gasteiger partial charge < -0.3 is 15.0 Å². The lowest BCUT2D eigenvalue weighted by Gasteiger charge is -2.15. The molecule has 6 heteroatoms. The number of aldehydes is 1. The summed E-state index contributed by atoms with van der Waals surface area (Å²) in [5.41, 5.74) is 0.330. The van der Waals surface area contributed by atoms with E-state index in [1.165, 1.54) is 6.20 Å². The Morgan fingerprint density at radius 1 is 1.45 bits per heavy atom. The molecule has 0 fully saturated rings. The molecule has 1 aromatic heterocycles. The molecule has 0 unspecified atom stereocenters. The van der Waals surface area contributed by atoms with Crippen LogP contribution < -0.4 is 5.32 Å². The van der Waals surface area contributed by atoms with Crippen molar-refractivity contribution in [2.45, 2.75) is 19.3 Å². The number of halogens is 1. The molecule has 0 spiro atoms. The first-order chi connectivity index (χ1) is 9.63. The highest BCUT2D eigenvalue weighted by Crippen LogP contribution is 2.07. The summed E-state index contributed by atoms with van der Waals surface area (Å²) in [4.78, 5) is 28.1. The van der Waals surface area contributed by atoms with Crippen LogP contribution >= 0.6 is 11.6 Å². The standard InChI is InChI=1S/C14H20ClN3O2/c1-18(8-2-3-10-19)9-4-6-17-14(20)13-11-12(15)5-7-16-13/h5,7,10-11H,2-4,6,8-9H2,1H3,(H,17,20). The fraction of sp³-hybridized carbons (Fsp3) is 0.500. The fourth-order valence-corrected chi connectivity index (χ4v) is 1.89. The number of pyridine rings is 1. The molecule has 1 N–H and O–H groups in total. The van der Waals surface area contributed by atoms with Gasteiger partial charge in [0.05, 0.1) is 0 Å². The number of nitrogens with zero attached hydrogens (tertiary/aromatic N) is 2. The molecular formula is C14H20ClN3O2. The molecule has 0 saturated heterocycles. The molecule has 1 amide bonds. The minimum atomic E-state index is -0.212. The lowest BCUT2D eigenvalue weighted by Crippen LogP contribution is -2.29. The predicted molar refractivity (Wildman–Crippen MR) is 79.0 cm³/mol. The second-order valence-corrected chi connectivity index (χ2v) is 5.02. The van der Waals surface area contributed by atoms with E-state index in [4.69, 9.17) is 11.6 Å². The first-order valence-electron chi connectivity index (χ1n) is 6.65. The highest BCUT2D eigenvalue weighted by Gasteiger charge is 2.06. The second kappa shape index (κ2) is 9.44. The van der Waals surface area contributed by atoms with Crippen molar-refractivity contribution in [1.82, 2.24) is 15.2 Å². The van der Waals surface area contributed by atoms with Crippen molar-refractivity contribution < 1.29 is 9.59 Å². The maximum atomic E-state index is 11.8. The smallest absolute Gasteiger partial charge is 0.269 e. The molecule has 0 radical (unpaired) electrons. The van der Waals surface area contributed by atoms with Gasteiger partial charge in [-0.15, -0.1) is 0 Å². The molecular weight excluding hydrogens is 278 g/mol. The predicted octanol–water partition coefficient (Wildman–Crippen LogP) is 1.77. The molecule has 0 aliphatic rings. The number of amides is 1. The van der Waals surface area contributed by atoms with E-state index < -0.39 is 0 Å². The second-order valence-electron chi connectivity index (χ2n) is 4.58. The summed E-state index contributed by atoms with van der Waals surface area (Å²) >= 11 is 5.80. The summed E-state index contributed by atoms with van der Waals surface area (Å²) in [5.74, 6) is -0.212. The first-order valence-corrected chi connectivity index (χ1v) is 7.03. The number of aromatic nitrogens is 1. The van der Waals surface area contributed by atoms with Crippen molar-refractivity contribution in [2.75, 3.05) is 26.7 Å². The molecule has 5 nitrogen and oxygen atoms in total. The van der Waals surface area contributed by atoms with Crippen molar-refractivity contribution in [2.24, 2.45) is 0 Å². The largest absolute Gasteiger partial charge is 0.351 e. The van der Waals surface area contributed by atoms with Crippen LogP contribution in [0.2, 0.25) is 5.02 Å². The van der Waals surface area contributed by atoms with E-state index in [0.29, 0.717) is 23.7 Å². The summed E-state index contributed by atoms with van der Waals surface area (Å²) in [6.07, 6.45) is 4.77. The molecule has 1 heterocycles. The van der Waals surface area contributed by atoms with Gasteiger partial charge in [0.2, 0.25) is 0 Å². The average Bonchev–Trinajstić information content (AvgIpc) is 2.43. The summed E-state index contributed by atoms with van der Waals surface area (Å²) in [6, 6.07) is 3.18. The van der Waals surface area contributed by atoms with E-state index in [1.807, 2.05) is 7.05 Å². The molecule has 0 aromatic carbocycles. The maximum absolute atomic E-state index is 11.8. The van der Waals surface area contributed by atoms with Crippen molar-refractivity contribution in [3.63, 3.8) is 0 Å². The minimum absolute atomic E-state index is 0.212. The van der Waals surface area contributed by atoms with E-state index in [9.17, 15) is 9.59 Å². The van der Waals surface area contributed by atoms with Crippen molar-refractivity contribution in [3.05, 3.63) is 29.0 Å². The number of unbranched alkanes of at least 4 members (excludes halogenated alkanes) is 1. The normalized spacial score (nSPS) is 10.6. The van der Waals surface area contributed by atoms with Crippen LogP contribution in [0, 0.1) is 0 Å². The molecule has 0 bridgehead atoms. The van der Waals surface area contributed by atoms with E-state index in [-0.39, 0.29) is 5.91 Å². The number of nitrogens with one attached hydrogen (secondary N) is 1. The minimum Gasteiger partial charge on any atom is -0.351 e. The van der Waals surface area contributed by atoms with Crippen LogP contribution in [-0.4, -0.2) is 48.8 Å². The summed E-state index contributed by atoms with van der Waals surface area (Å²) in [7, 11) is 2.01. The van der Waals surface area contributed by atoms with E-state index in [2.05, 4.69) is 15.2 Å². The summed E-state index contributed by atoms with van der Waals surface area (Å²) in [6.45, 7) is 2.36. The lowest BCUT2D eigenvalue weighted by atomic mass is 10.3. The van der Waals surface area contributed by atoms with Crippen LogP contribution in [0.1, 0.15) is 29.8 Å². The van der Waals surface area contributed by atoms with Crippen molar-refractivity contribution in [3.8, 4) is 0 Å². The number of rotatable bonds is 9. The van der Waals surface area contributed by atoms with Crippen molar-refractivity contribution >= 4 is 23.8 Å². The van der Waals surface area contributed by atoms with Gasteiger partial charge in [-0.25, -0.2) is 0 Å². The van der Waals surface area contributed by atoms with E-state index >= 15 is 0 Å². The number of hydrogen-bond donors (Lipinski definition) is 1.